The molecule has 0 rings (SSSR count). The van der Waals surface area contributed by atoms with Crippen molar-refractivity contribution >= 4 is 11.9 Å². The molecule has 64 heavy (non-hydrogen) atoms. The fourth-order valence-electron chi connectivity index (χ4n) is 6.90. The van der Waals surface area contributed by atoms with Gasteiger partial charge in [-0.15, -0.1) is 0 Å². The van der Waals surface area contributed by atoms with E-state index >= 15 is 0 Å². The van der Waals surface area contributed by atoms with E-state index in [1.54, 1.807) is 0 Å². The number of aliphatic hydroxyl groups is 1. The van der Waals surface area contributed by atoms with Crippen LogP contribution in [0.2, 0.25) is 0 Å². The van der Waals surface area contributed by atoms with Crippen LogP contribution in [0.1, 0.15) is 219 Å². The molecule has 0 aromatic carbocycles. The van der Waals surface area contributed by atoms with Crippen LogP contribution >= 0.6 is 0 Å². The first kappa shape index (κ1) is 60.3. The minimum Gasteiger partial charge on any atom is -0.462 e. The Balaban J connectivity index is 3.58. The summed E-state index contributed by atoms with van der Waals surface area (Å²) in [5, 5.41) is 9.63. The second-order valence-electron chi connectivity index (χ2n) is 16.8. The van der Waals surface area contributed by atoms with E-state index in [0.717, 1.165) is 116 Å². The van der Waals surface area contributed by atoms with Crippen molar-refractivity contribution < 1.29 is 24.2 Å². The summed E-state index contributed by atoms with van der Waals surface area (Å²) in [7, 11) is 0. The fourth-order valence-corrected chi connectivity index (χ4v) is 6.90. The Morgan fingerprint density at radius 2 is 0.625 bits per heavy atom. The molecule has 5 heteroatoms. The van der Waals surface area contributed by atoms with Crippen molar-refractivity contribution in [2.24, 2.45) is 0 Å². The molecule has 0 aliphatic heterocycles. The summed E-state index contributed by atoms with van der Waals surface area (Å²) in [5.74, 6) is -0.626. The SMILES string of the molecule is CC/C=C\C/C=C\C/C=C\C/C=C\C/C=C\C/C=C\CCCCCCC(=O)OC(CO)COC(=O)CCCCCCCCCCCCCCCC/C=C\C/C=C\C/C=C\C/C=C\CC. The van der Waals surface area contributed by atoms with Crippen molar-refractivity contribution in [1.29, 1.82) is 0 Å². The largest absolute Gasteiger partial charge is 0.462 e. The zero-order valence-electron chi connectivity index (χ0n) is 41.2. The number of carbonyl (C=O) groups excluding carboxylic acids is 2. The van der Waals surface area contributed by atoms with Crippen LogP contribution in [-0.4, -0.2) is 36.4 Å². The first-order valence-electron chi connectivity index (χ1n) is 26.1. The maximum Gasteiger partial charge on any atom is 0.306 e. The highest BCUT2D eigenvalue weighted by atomic mass is 16.6. The summed E-state index contributed by atoms with van der Waals surface area (Å²) in [6, 6.07) is 0. The summed E-state index contributed by atoms with van der Waals surface area (Å²) < 4.78 is 10.7. The number of hydrogen-bond acceptors (Lipinski definition) is 5. The van der Waals surface area contributed by atoms with E-state index in [2.05, 4.69) is 135 Å². The number of aliphatic hydroxyl groups excluding tert-OH is 1. The molecule has 0 aliphatic carbocycles. The Hall–Kier alpha value is -3.70. The molecule has 0 saturated heterocycles. The molecule has 0 aromatic rings. The third-order valence-electron chi connectivity index (χ3n) is 10.8. The maximum absolute atomic E-state index is 12.3. The normalized spacial score (nSPS) is 13.2. The molecule has 0 bridgehead atoms. The predicted molar refractivity (Wildman–Crippen MR) is 278 cm³/mol. The van der Waals surface area contributed by atoms with Gasteiger partial charge in [0.25, 0.3) is 0 Å². The fraction of sp³-hybridized carbons (Fsp3) is 0.627. The van der Waals surface area contributed by atoms with Gasteiger partial charge in [-0.25, -0.2) is 0 Å². The van der Waals surface area contributed by atoms with Gasteiger partial charge in [0.2, 0.25) is 0 Å². The number of ether oxygens (including phenoxy) is 2. The van der Waals surface area contributed by atoms with E-state index < -0.39 is 6.10 Å². The summed E-state index contributed by atoms with van der Waals surface area (Å²) in [6.45, 7) is 3.89. The quantitative estimate of drug-likeness (QED) is 0.0375. The van der Waals surface area contributed by atoms with Gasteiger partial charge in [-0.05, 0) is 103 Å². The molecule has 0 saturated carbocycles. The first-order chi connectivity index (χ1) is 31.6. The molecule has 0 heterocycles. The van der Waals surface area contributed by atoms with Crippen LogP contribution < -0.4 is 0 Å². The van der Waals surface area contributed by atoms with Gasteiger partial charge in [0.15, 0.2) is 6.10 Å². The average Bonchev–Trinajstić information content (AvgIpc) is 3.30. The van der Waals surface area contributed by atoms with Crippen molar-refractivity contribution in [1.82, 2.24) is 0 Å². The highest BCUT2D eigenvalue weighted by molar-refractivity contribution is 5.70. The second kappa shape index (κ2) is 53.6. The van der Waals surface area contributed by atoms with Gasteiger partial charge in [-0.2, -0.15) is 0 Å². The van der Waals surface area contributed by atoms with Gasteiger partial charge < -0.3 is 14.6 Å². The highest BCUT2D eigenvalue weighted by Crippen LogP contribution is 2.15. The Kier molecular flexibility index (Phi) is 50.5. The number of hydrogen-bond donors (Lipinski definition) is 1. The molecule has 0 aliphatic rings. The van der Waals surface area contributed by atoms with E-state index in [4.69, 9.17) is 9.47 Å². The van der Waals surface area contributed by atoms with Crippen LogP contribution in [0.25, 0.3) is 0 Å². The number of unbranched alkanes of at least 4 members (excludes halogenated alkanes) is 18. The van der Waals surface area contributed by atoms with E-state index in [-0.39, 0.29) is 25.2 Å². The first-order valence-corrected chi connectivity index (χ1v) is 26.1. The highest BCUT2D eigenvalue weighted by Gasteiger charge is 2.16. The van der Waals surface area contributed by atoms with Gasteiger partial charge in [-0.3, -0.25) is 9.59 Å². The molecule has 0 spiro atoms. The lowest BCUT2D eigenvalue weighted by atomic mass is 10.0. The second-order valence-corrected chi connectivity index (χ2v) is 16.8. The van der Waals surface area contributed by atoms with Crippen LogP contribution in [0, 0.1) is 0 Å². The molecule has 1 N–H and O–H groups in total. The van der Waals surface area contributed by atoms with Gasteiger partial charge in [0, 0.05) is 12.8 Å². The van der Waals surface area contributed by atoms with E-state index in [9.17, 15) is 14.7 Å². The minimum absolute atomic E-state index is 0.0836. The zero-order chi connectivity index (χ0) is 46.3. The lowest BCUT2D eigenvalue weighted by Gasteiger charge is -2.15. The monoisotopic (exact) mass is 885 g/mol. The molecule has 1 atom stereocenters. The lowest BCUT2D eigenvalue weighted by Crippen LogP contribution is -2.28. The van der Waals surface area contributed by atoms with Crippen LogP contribution in [-0.2, 0) is 19.1 Å². The molecule has 0 amide bonds. The summed E-state index contributed by atoms with van der Waals surface area (Å²) in [4.78, 5) is 24.5. The third kappa shape index (κ3) is 50.9. The molecular formula is C59H96O5. The Bertz CT molecular complexity index is 1320. The van der Waals surface area contributed by atoms with E-state index in [0.29, 0.717) is 12.8 Å². The van der Waals surface area contributed by atoms with Crippen LogP contribution in [0.15, 0.2) is 122 Å². The predicted octanol–water partition coefficient (Wildman–Crippen LogP) is 17.5. The smallest absolute Gasteiger partial charge is 0.306 e. The Morgan fingerprint density at radius 3 is 0.938 bits per heavy atom. The van der Waals surface area contributed by atoms with Gasteiger partial charge in [0.05, 0.1) is 6.61 Å². The average molecular weight is 885 g/mol. The molecular weight excluding hydrogens is 789 g/mol. The minimum atomic E-state index is -0.795. The van der Waals surface area contributed by atoms with Crippen molar-refractivity contribution in [2.45, 2.75) is 225 Å². The van der Waals surface area contributed by atoms with Crippen molar-refractivity contribution in [3.63, 3.8) is 0 Å². The summed E-state index contributed by atoms with van der Waals surface area (Å²) >= 11 is 0. The van der Waals surface area contributed by atoms with Gasteiger partial charge >= 0.3 is 11.9 Å². The molecule has 0 radical (unpaired) electrons. The Morgan fingerprint density at radius 1 is 0.359 bits per heavy atom. The van der Waals surface area contributed by atoms with Crippen LogP contribution in [0.5, 0.6) is 0 Å². The topological polar surface area (TPSA) is 72.8 Å². The standard InChI is InChI=1S/C59H96O5/c1-3-5-7-9-11-13-15-17-19-21-23-25-27-28-29-30-32-33-35-37-39-41-43-45-47-49-51-53-58(61)63-56-57(55-60)64-59(62)54-52-50-48-46-44-42-40-38-36-34-31-26-24-22-20-18-16-14-12-10-8-6-4-2/h5-8,11-14,17-20,23-26,34,36,40,42,57,60H,3-4,9-10,15-16,21-22,27-33,35,37-39,41,43-56H2,1-2H3/b7-5-,8-6-,13-11-,14-12-,19-17-,20-18-,25-23-,26-24-,36-34-,42-40-. The van der Waals surface area contributed by atoms with Crippen molar-refractivity contribution in [2.75, 3.05) is 13.2 Å². The molecule has 5 nitrogen and oxygen atoms in total. The van der Waals surface area contributed by atoms with Crippen LogP contribution in [0.3, 0.4) is 0 Å². The van der Waals surface area contributed by atoms with Crippen molar-refractivity contribution in [3.05, 3.63) is 122 Å². The number of allylic oxidation sites excluding steroid dienone is 20. The maximum atomic E-state index is 12.3. The molecule has 362 valence electrons. The molecule has 0 fully saturated rings. The number of carbonyl (C=O) groups is 2. The van der Waals surface area contributed by atoms with Gasteiger partial charge in [-0.1, -0.05) is 225 Å². The Labute approximate surface area is 394 Å². The van der Waals surface area contributed by atoms with E-state index in [1.807, 2.05) is 0 Å². The zero-order valence-corrected chi connectivity index (χ0v) is 41.2. The van der Waals surface area contributed by atoms with Gasteiger partial charge in [0.1, 0.15) is 6.61 Å². The third-order valence-corrected chi connectivity index (χ3v) is 10.8. The van der Waals surface area contributed by atoms with Crippen molar-refractivity contribution in [3.8, 4) is 0 Å². The molecule has 1 unspecified atom stereocenters. The molecule has 0 aromatic heterocycles. The van der Waals surface area contributed by atoms with Crippen LogP contribution in [0.4, 0.5) is 0 Å². The summed E-state index contributed by atoms with van der Waals surface area (Å²) in [5.41, 5.74) is 0. The van der Waals surface area contributed by atoms with E-state index in [1.165, 1.54) is 77.0 Å². The number of esters is 2. The summed E-state index contributed by atoms with van der Waals surface area (Å²) in [6.07, 6.45) is 78.6. The lowest BCUT2D eigenvalue weighted by molar-refractivity contribution is -0.161. The number of rotatable bonds is 46.